The molecule has 0 bridgehead atoms. The Kier molecular flexibility index (Phi) is 3.23. The van der Waals surface area contributed by atoms with E-state index in [0.717, 1.165) is 11.0 Å². The molecule has 3 aromatic rings. The number of aryl methyl sites for hydroxylation is 1. The number of carbonyl (C=O) groups is 1. The van der Waals surface area contributed by atoms with Gasteiger partial charge in [-0.1, -0.05) is 23.7 Å². The highest BCUT2D eigenvalue weighted by Gasteiger charge is 2.15. The van der Waals surface area contributed by atoms with Gasteiger partial charge in [0, 0.05) is 7.05 Å². The third kappa shape index (κ3) is 2.09. The maximum Gasteiger partial charge on any atom is 0.329 e. The van der Waals surface area contributed by atoms with Gasteiger partial charge >= 0.3 is 5.69 Å². The van der Waals surface area contributed by atoms with E-state index in [1.807, 2.05) is 24.3 Å². The molecule has 0 spiro atoms. The summed E-state index contributed by atoms with van der Waals surface area (Å²) in [6.07, 6.45) is 0. The predicted octanol–water partition coefficient (Wildman–Crippen LogP) is 2.94. The van der Waals surface area contributed by atoms with Crippen molar-refractivity contribution in [3.63, 3.8) is 0 Å². The van der Waals surface area contributed by atoms with E-state index in [0.29, 0.717) is 9.21 Å². The molecule has 1 aromatic carbocycles. The van der Waals surface area contributed by atoms with Gasteiger partial charge in [0.05, 0.1) is 26.8 Å². The van der Waals surface area contributed by atoms with Crippen LogP contribution in [0.25, 0.3) is 11.0 Å². The van der Waals surface area contributed by atoms with Gasteiger partial charge < -0.3 is 0 Å². The van der Waals surface area contributed by atoms with Gasteiger partial charge in [0.2, 0.25) is 0 Å². The maximum absolute atomic E-state index is 12.2. The Bertz CT molecular complexity index is 860. The lowest BCUT2D eigenvalue weighted by molar-refractivity contribution is 0.0976. The van der Waals surface area contributed by atoms with Crippen molar-refractivity contribution >= 4 is 39.8 Å². The number of hydrogen-bond acceptors (Lipinski definition) is 3. The average molecular weight is 307 g/mol. The molecule has 0 aliphatic carbocycles. The Balaban J connectivity index is 2.05. The van der Waals surface area contributed by atoms with E-state index in [1.165, 1.54) is 15.9 Å². The van der Waals surface area contributed by atoms with Crippen LogP contribution in [-0.2, 0) is 13.6 Å². The molecule has 3 rings (SSSR count). The normalized spacial score (nSPS) is 11.1. The number of thiophene rings is 1. The van der Waals surface area contributed by atoms with Crippen molar-refractivity contribution < 1.29 is 4.79 Å². The highest BCUT2D eigenvalue weighted by atomic mass is 35.5. The van der Waals surface area contributed by atoms with E-state index in [-0.39, 0.29) is 18.0 Å². The molecule has 0 radical (unpaired) electrons. The van der Waals surface area contributed by atoms with Crippen LogP contribution in [0.15, 0.2) is 41.2 Å². The summed E-state index contributed by atoms with van der Waals surface area (Å²) in [5.41, 5.74) is 1.38. The molecule has 4 nitrogen and oxygen atoms in total. The molecule has 0 saturated carbocycles. The molecule has 0 aliphatic heterocycles. The van der Waals surface area contributed by atoms with Crippen LogP contribution in [-0.4, -0.2) is 14.9 Å². The third-order valence-corrected chi connectivity index (χ3v) is 4.47. The minimum absolute atomic E-state index is 0.0248. The van der Waals surface area contributed by atoms with Gasteiger partial charge in [-0.25, -0.2) is 4.79 Å². The van der Waals surface area contributed by atoms with Crippen molar-refractivity contribution in [2.45, 2.75) is 6.54 Å². The molecule has 20 heavy (non-hydrogen) atoms. The van der Waals surface area contributed by atoms with E-state index in [4.69, 9.17) is 11.6 Å². The number of carbonyl (C=O) groups excluding carboxylic acids is 1. The largest absolute Gasteiger partial charge is 0.329 e. The van der Waals surface area contributed by atoms with Crippen LogP contribution in [0.5, 0.6) is 0 Å². The molecular weight excluding hydrogens is 296 g/mol. The lowest BCUT2D eigenvalue weighted by Crippen LogP contribution is -2.25. The number of aromatic nitrogens is 2. The van der Waals surface area contributed by atoms with Crippen LogP contribution in [0.1, 0.15) is 9.67 Å². The number of nitrogens with zero attached hydrogens (tertiary/aromatic N) is 2. The van der Waals surface area contributed by atoms with E-state index in [2.05, 4.69) is 0 Å². The first-order valence-corrected chi connectivity index (χ1v) is 7.20. The van der Waals surface area contributed by atoms with Gasteiger partial charge in [-0.05, 0) is 24.3 Å². The van der Waals surface area contributed by atoms with Crippen molar-refractivity contribution in [1.82, 2.24) is 9.13 Å². The topological polar surface area (TPSA) is 44.0 Å². The summed E-state index contributed by atoms with van der Waals surface area (Å²) in [6.45, 7) is 0.0248. The Morgan fingerprint density at radius 2 is 1.90 bits per heavy atom. The Labute approximate surface area is 123 Å². The molecule has 0 atom stereocenters. The van der Waals surface area contributed by atoms with Crippen molar-refractivity contribution in [2.75, 3.05) is 0 Å². The number of benzene rings is 1. The molecule has 0 amide bonds. The summed E-state index contributed by atoms with van der Waals surface area (Å²) >= 11 is 7.06. The van der Waals surface area contributed by atoms with Crippen LogP contribution in [0.2, 0.25) is 4.34 Å². The second-order valence-electron chi connectivity index (χ2n) is 4.44. The van der Waals surface area contributed by atoms with Crippen molar-refractivity contribution in [3.05, 3.63) is 56.1 Å². The fourth-order valence-corrected chi connectivity index (χ4v) is 3.17. The van der Waals surface area contributed by atoms with Crippen LogP contribution < -0.4 is 5.69 Å². The van der Waals surface area contributed by atoms with Crippen molar-refractivity contribution in [2.24, 2.45) is 7.05 Å². The summed E-state index contributed by atoms with van der Waals surface area (Å²) in [6, 6.07) is 10.8. The molecule has 6 heteroatoms. The first-order chi connectivity index (χ1) is 9.58. The standard InChI is InChI=1S/C14H11ClN2O2S/c1-16-9-4-2-3-5-10(9)17(14(16)19)8-11(18)12-6-7-13(15)20-12/h2-7H,8H2,1H3. The zero-order valence-electron chi connectivity index (χ0n) is 10.7. The van der Waals surface area contributed by atoms with Gasteiger partial charge in [0.15, 0.2) is 5.78 Å². The maximum atomic E-state index is 12.2. The van der Waals surface area contributed by atoms with Crippen molar-refractivity contribution in [1.29, 1.82) is 0 Å². The number of Topliss-reactive ketones (excluding diaryl/α,β-unsaturated/α-hetero) is 1. The average Bonchev–Trinajstić information content (AvgIpc) is 2.98. The van der Waals surface area contributed by atoms with Gasteiger partial charge in [0.1, 0.15) is 0 Å². The minimum Gasteiger partial charge on any atom is -0.295 e. The fraction of sp³-hybridized carbons (Fsp3) is 0.143. The molecule has 0 saturated heterocycles. The summed E-state index contributed by atoms with van der Waals surface area (Å²) in [5, 5.41) is 0. The number of fused-ring (bicyclic) bond motifs is 1. The smallest absolute Gasteiger partial charge is 0.295 e. The van der Waals surface area contributed by atoms with Gasteiger partial charge in [-0.3, -0.25) is 13.9 Å². The summed E-state index contributed by atoms with van der Waals surface area (Å²) in [5.74, 6) is -0.111. The number of halogens is 1. The van der Waals surface area contributed by atoms with E-state index >= 15 is 0 Å². The monoisotopic (exact) mass is 306 g/mol. The third-order valence-electron chi connectivity index (χ3n) is 3.20. The first-order valence-electron chi connectivity index (χ1n) is 6.00. The summed E-state index contributed by atoms with van der Waals surface area (Å²) in [4.78, 5) is 25.0. The number of ketones is 1. The molecule has 0 fully saturated rings. The van der Waals surface area contributed by atoms with Crippen LogP contribution in [0.4, 0.5) is 0 Å². The van der Waals surface area contributed by atoms with E-state index in [9.17, 15) is 9.59 Å². The Hall–Kier alpha value is -1.85. The van der Waals surface area contributed by atoms with Crippen molar-refractivity contribution in [3.8, 4) is 0 Å². The second-order valence-corrected chi connectivity index (χ2v) is 6.16. The van der Waals surface area contributed by atoms with Crippen LogP contribution in [0.3, 0.4) is 0 Å². The fourth-order valence-electron chi connectivity index (χ4n) is 2.20. The molecule has 0 unspecified atom stereocenters. The van der Waals surface area contributed by atoms with Crippen LogP contribution >= 0.6 is 22.9 Å². The first kappa shape index (κ1) is 13.1. The lowest BCUT2D eigenvalue weighted by Gasteiger charge is -2.00. The molecular formula is C14H11ClN2O2S. The molecule has 0 N–H and O–H groups in total. The zero-order chi connectivity index (χ0) is 14.3. The summed E-state index contributed by atoms with van der Waals surface area (Å²) in [7, 11) is 1.70. The number of hydrogen-bond donors (Lipinski definition) is 0. The van der Waals surface area contributed by atoms with Gasteiger partial charge in [-0.15, -0.1) is 11.3 Å². The zero-order valence-corrected chi connectivity index (χ0v) is 12.2. The quantitative estimate of drug-likeness (QED) is 0.698. The second kappa shape index (κ2) is 4.92. The van der Waals surface area contributed by atoms with E-state index < -0.39 is 0 Å². The number of imidazole rings is 1. The lowest BCUT2D eigenvalue weighted by atomic mass is 10.3. The van der Waals surface area contributed by atoms with E-state index in [1.54, 1.807) is 23.7 Å². The minimum atomic E-state index is -0.192. The highest BCUT2D eigenvalue weighted by Crippen LogP contribution is 2.22. The SMILES string of the molecule is Cn1c(=O)n(CC(=O)c2ccc(Cl)s2)c2ccccc21. The number of para-hydroxylation sites is 2. The highest BCUT2D eigenvalue weighted by molar-refractivity contribution is 7.18. The molecule has 0 aliphatic rings. The molecule has 2 aromatic heterocycles. The molecule has 102 valence electrons. The van der Waals surface area contributed by atoms with Gasteiger partial charge in [-0.2, -0.15) is 0 Å². The van der Waals surface area contributed by atoms with Crippen LogP contribution in [0, 0.1) is 0 Å². The Morgan fingerprint density at radius 3 is 2.55 bits per heavy atom. The molecule has 2 heterocycles. The predicted molar refractivity (Wildman–Crippen MR) is 80.8 cm³/mol. The summed E-state index contributed by atoms with van der Waals surface area (Å²) < 4.78 is 3.61. The van der Waals surface area contributed by atoms with Gasteiger partial charge in [0.25, 0.3) is 0 Å². The Morgan fingerprint density at radius 1 is 1.20 bits per heavy atom. The number of rotatable bonds is 3.